The van der Waals surface area contributed by atoms with Gasteiger partial charge in [-0.3, -0.25) is 0 Å². The highest BCUT2D eigenvalue weighted by molar-refractivity contribution is 7.89. The second-order valence-electron chi connectivity index (χ2n) is 6.07. The number of benzene rings is 1. The van der Waals surface area contributed by atoms with Crippen LogP contribution >= 0.6 is 23.2 Å². The fourth-order valence-electron chi connectivity index (χ4n) is 2.95. The van der Waals surface area contributed by atoms with Gasteiger partial charge in [-0.1, -0.05) is 29.3 Å². The molecular weight excluding hydrogens is 343 g/mol. The lowest BCUT2D eigenvalue weighted by Crippen LogP contribution is -2.42. The minimum Gasteiger partial charge on any atom is -0.316 e. The Kier molecular flexibility index (Phi) is 5.00. The van der Waals surface area contributed by atoms with Crippen molar-refractivity contribution in [3.8, 4) is 0 Å². The third kappa shape index (κ3) is 3.44. The summed E-state index contributed by atoms with van der Waals surface area (Å²) in [6.45, 7) is 2.46. The largest absolute Gasteiger partial charge is 0.316 e. The molecule has 1 saturated heterocycles. The van der Waals surface area contributed by atoms with Crippen LogP contribution in [0.5, 0.6) is 0 Å². The van der Waals surface area contributed by atoms with E-state index in [9.17, 15) is 8.42 Å². The molecule has 0 unspecified atom stereocenters. The first kappa shape index (κ1) is 16.5. The minimum absolute atomic E-state index is 0.113. The van der Waals surface area contributed by atoms with Gasteiger partial charge in [-0.25, -0.2) is 8.42 Å². The minimum atomic E-state index is -3.60. The van der Waals surface area contributed by atoms with Gasteiger partial charge in [-0.2, -0.15) is 4.31 Å². The molecule has 0 bridgehead atoms. The number of piperidine rings is 1. The Morgan fingerprint density at radius 1 is 1.23 bits per heavy atom. The molecule has 1 heterocycles. The number of halogens is 2. The Hall–Kier alpha value is -0.330. The summed E-state index contributed by atoms with van der Waals surface area (Å²) < 4.78 is 27.7. The van der Waals surface area contributed by atoms with Crippen LogP contribution in [0.15, 0.2) is 23.1 Å². The van der Waals surface area contributed by atoms with Crippen LogP contribution in [-0.2, 0) is 10.0 Å². The van der Waals surface area contributed by atoms with Gasteiger partial charge in [0.25, 0.3) is 0 Å². The summed E-state index contributed by atoms with van der Waals surface area (Å²) in [7, 11) is -3.60. The third-order valence-corrected chi connectivity index (χ3v) is 7.19. The Labute approximate surface area is 141 Å². The molecule has 7 heteroatoms. The zero-order chi connectivity index (χ0) is 15.7. The molecule has 1 aromatic carbocycles. The standard InChI is InChI=1S/C15H20Cl2N2O2S/c16-13-4-1-5-14(15(13)17)22(20,21)19(12-6-7-12)10-11-3-2-8-18-9-11/h1,4-5,11-12,18H,2-3,6-10H2/t11-/m0/s1. The van der Waals surface area contributed by atoms with E-state index in [1.54, 1.807) is 16.4 Å². The van der Waals surface area contributed by atoms with Gasteiger partial charge >= 0.3 is 0 Å². The van der Waals surface area contributed by atoms with Crippen molar-refractivity contribution in [2.45, 2.75) is 36.6 Å². The Morgan fingerprint density at radius 2 is 2.00 bits per heavy atom. The van der Waals surface area contributed by atoms with Crippen molar-refractivity contribution in [3.05, 3.63) is 28.2 Å². The normalized spacial score (nSPS) is 23.0. The van der Waals surface area contributed by atoms with Crippen LogP contribution < -0.4 is 5.32 Å². The lowest BCUT2D eigenvalue weighted by atomic mass is 10.00. The van der Waals surface area contributed by atoms with Crippen molar-refractivity contribution >= 4 is 33.2 Å². The zero-order valence-electron chi connectivity index (χ0n) is 12.3. The average Bonchev–Trinajstić information content (AvgIpc) is 3.33. The van der Waals surface area contributed by atoms with Crippen LogP contribution in [0, 0.1) is 5.92 Å². The molecule has 1 aromatic rings. The predicted molar refractivity (Wildman–Crippen MR) is 89.0 cm³/mol. The highest BCUT2D eigenvalue weighted by atomic mass is 35.5. The molecule has 0 amide bonds. The number of hydrogen-bond donors (Lipinski definition) is 1. The monoisotopic (exact) mass is 362 g/mol. The number of nitrogens with one attached hydrogen (secondary N) is 1. The van der Waals surface area contributed by atoms with Crippen LogP contribution in [0.2, 0.25) is 10.0 Å². The van der Waals surface area contributed by atoms with Gasteiger partial charge in [0.1, 0.15) is 4.90 Å². The van der Waals surface area contributed by atoms with Gasteiger partial charge in [-0.05, 0) is 56.8 Å². The van der Waals surface area contributed by atoms with Crippen molar-refractivity contribution in [1.29, 1.82) is 0 Å². The number of rotatable bonds is 5. The number of sulfonamides is 1. The quantitative estimate of drug-likeness (QED) is 0.874. The molecule has 0 aromatic heterocycles. The molecular formula is C15H20Cl2N2O2S. The van der Waals surface area contributed by atoms with E-state index in [0.717, 1.165) is 38.8 Å². The molecule has 122 valence electrons. The first-order valence-electron chi connectivity index (χ1n) is 7.66. The maximum absolute atomic E-state index is 13.0. The Balaban J connectivity index is 1.87. The van der Waals surface area contributed by atoms with E-state index in [-0.39, 0.29) is 21.0 Å². The molecule has 2 fully saturated rings. The van der Waals surface area contributed by atoms with Crippen LogP contribution in [0.1, 0.15) is 25.7 Å². The van der Waals surface area contributed by atoms with Gasteiger partial charge in [-0.15, -0.1) is 0 Å². The Morgan fingerprint density at radius 3 is 2.64 bits per heavy atom. The molecule has 1 aliphatic carbocycles. The molecule has 1 saturated carbocycles. The van der Waals surface area contributed by atoms with Gasteiger partial charge in [0.2, 0.25) is 10.0 Å². The number of hydrogen-bond acceptors (Lipinski definition) is 3. The van der Waals surface area contributed by atoms with Gasteiger partial charge < -0.3 is 5.32 Å². The molecule has 2 aliphatic rings. The van der Waals surface area contributed by atoms with Crippen molar-refractivity contribution in [3.63, 3.8) is 0 Å². The van der Waals surface area contributed by atoms with E-state index < -0.39 is 10.0 Å². The lowest BCUT2D eigenvalue weighted by Gasteiger charge is -2.30. The zero-order valence-corrected chi connectivity index (χ0v) is 14.6. The summed E-state index contributed by atoms with van der Waals surface area (Å²) in [4.78, 5) is 0.123. The molecule has 1 N–H and O–H groups in total. The predicted octanol–water partition coefficient (Wildman–Crippen LogP) is 3.15. The van der Waals surface area contributed by atoms with E-state index >= 15 is 0 Å². The summed E-state index contributed by atoms with van der Waals surface area (Å²) in [5, 5.41) is 3.74. The average molecular weight is 363 g/mol. The second-order valence-corrected chi connectivity index (χ2v) is 8.71. The molecule has 1 aliphatic heterocycles. The van der Waals surface area contributed by atoms with Crippen LogP contribution in [-0.4, -0.2) is 38.4 Å². The van der Waals surface area contributed by atoms with Crippen LogP contribution in [0.4, 0.5) is 0 Å². The van der Waals surface area contributed by atoms with Crippen LogP contribution in [0.25, 0.3) is 0 Å². The molecule has 1 atom stereocenters. The van der Waals surface area contributed by atoms with E-state index in [2.05, 4.69) is 5.32 Å². The van der Waals surface area contributed by atoms with Crippen molar-refractivity contribution in [2.75, 3.05) is 19.6 Å². The molecule has 4 nitrogen and oxygen atoms in total. The smallest absolute Gasteiger partial charge is 0.244 e. The SMILES string of the molecule is O=S(=O)(c1cccc(Cl)c1Cl)N(C[C@H]1CCCNC1)C1CC1. The van der Waals surface area contributed by atoms with E-state index in [4.69, 9.17) is 23.2 Å². The van der Waals surface area contributed by atoms with Crippen molar-refractivity contribution in [2.24, 2.45) is 5.92 Å². The molecule has 3 rings (SSSR count). The fraction of sp³-hybridized carbons (Fsp3) is 0.600. The maximum atomic E-state index is 13.0. The summed E-state index contributed by atoms with van der Waals surface area (Å²) in [6, 6.07) is 4.89. The van der Waals surface area contributed by atoms with Gasteiger partial charge in [0, 0.05) is 12.6 Å². The van der Waals surface area contributed by atoms with E-state index in [1.165, 1.54) is 6.07 Å². The third-order valence-electron chi connectivity index (χ3n) is 4.29. The van der Waals surface area contributed by atoms with E-state index in [0.29, 0.717) is 12.5 Å². The first-order chi connectivity index (χ1) is 10.5. The summed E-state index contributed by atoms with van der Waals surface area (Å²) >= 11 is 12.1. The number of nitrogens with zero attached hydrogens (tertiary/aromatic N) is 1. The van der Waals surface area contributed by atoms with Gasteiger partial charge in [0.05, 0.1) is 10.0 Å². The second kappa shape index (κ2) is 6.65. The van der Waals surface area contributed by atoms with Crippen molar-refractivity contribution < 1.29 is 8.42 Å². The van der Waals surface area contributed by atoms with Crippen LogP contribution in [0.3, 0.4) is 0 Å². The molecule has 22 heavy (non-hydrogen) atoms. The first-order valence-corrected chi connectivity index (χ1v) is 9.86. The van der Waals surface area contributed by atoms with E-state index in [1.807, 2.05) is 0 Å². The highest BCUT2D eigenvalue weighted by Crippen LogP contribution is 2.37. The van der Waals surface area contributed by atoms with Gasteiger partial charge in [0.15, 0.2) is 0 Å². The maximum Gasteiger partial charge on any atom is 0.244 e. The Bertz CT molecular complexity index is 641. The lowest BCUT2D eigenvalue weighted by molar-refractivity contribution is 0.287. The molecule has 0 radical (unpaired) electrons. The molecule has 0 spiro atoms. The summed E-state index contributed by atoms with van der Waals surface area (Å²) in [5.74, 6) is 0.363. The summed E-state index contributed by atoms with van der Waals surface area (Å²) in [6.07, 6.45) is 4.02. The topological polar surface area (TPSA) is 49.4 Å². The summed E-state index contributed by atoms with van der Waals surface area (Å²) in [5.41, 5.74) is 0. The van der Waals surface area contributed by atoms with Crippen molar-refractivity contribution in [1.82, 2.24) is 9.62 Å². The highest BCUT2D eigenvalue weighted by Gasteiger charge is 2.40. The fourth-order valence-corrected chi connectivity index (χ4v) is 5.45.